The lowest BCUT2D eigenvalue weighted by atomic mass is 10.1. The molecule has 3 N–H and O–H groups in total. The van der Waals surface area contributed by atoms with E-state index in [9.17, 15) is 14.4 Å². The van der Waals surface area contributed by atoms with Gasteiger partial charge in [0.1, 0.15) is 0 Å². The summed E-state index contributed by atoms with van der Waals surface area (Å²) in [5, 5.41) is 7.90. The number of thiazole rings is 1. The Hall–Kier alpha value is -3.26. The van der Waals surface area contributed by atoms with Gasteiger partial charge in [0.2, 0.25) is 11.5 Å². The van der Waals surface area contributed by atoms with Crippen LogP contribution in [0.2, 0.25) is 0 Å². The van der Waals surface area contributed by atoms with E-state index in [1.807, 2.05) is 37.4 Å². The topological polar surface area (TPSA) is 104 Å². The number of aromatic amines is 1. The van der Waals surface area contributed by atoms with Crippen LogP contribution in [0.5, 0.6) is 0 Å². The minimum Gasteiger partial charge on any atom is -0.328 e. The smallest absolute Gasteiger partial charge is 0.258 e. The van der Waals surface area contributed by atoms with Crippen molar-refractivity contribution < 1.29 is 9.59 Å². The third kappa shape index (κ3) is 4.92. The van der Waals surface area contributed by atoms with Crippen LogP contribution < -0.4 is 16.2 Å². The highest BCUT2D eigenvalue weighted by atomic mass is 32.1. The van der Waals surface area contributed by atoms with Crippen LogP contribution in [0.25, 0.3) is 0 Å². The molecule has 1 aromatic carbocycles. The number of rotatable bonds is 6. The summed E-state index contributed by atoms with van der Waals surface area (Å²) in [6.07, 6.45) is 2.12. The zero-order chi connectivity index (χ0) is 20.1. The number of H-pyrrole nitrogens is 1. The van der Waals surface area contributed by atoms with Gasteiger partial charge in [0.15, 0.2) is 5.13 Å². The predicted octanol–water partition coefficient (Wildman–Crippen LogP) is 3.27. The Bertz CT molecular complexity index is 1030. The number of nitrogens with one attached hydrogen (secondary N) is 3. The Balaban J connectivity index is 1.54. The Morgan fingerprint density at radius 2 is 1.86 bits per heavy atom. The summed E-state index contributed by atoms with van der Waals surface area (Å²) in [5.74, 6) is -0.436. The number of hydrogen-bond acceptors (Lipinski definition) is 5. The van der Waals surface area contributed by atoms with Gasteiger partial charge in [-0.25, -0.2) is 4.98 Å². The minimum atomic E-state index is -0.357. The summed E-state index contributed by atoms with van der Waals surface area (Å²) < 4.78 is 0. The Kier molecular flexibility index (Phi) is 6.00. The second kappa shape index (κ2) is 8.62. The van der Waals surface area contributed by atoms with E-state index >= 15 is 0 Å². The number of carbonyl (C=O) groups excluding carboxylic acids is 2. The molecule has 7 nitrogen and oxygen atoms in total. The average molecular weight is 396 g/mol. The number of aryl methyl sites for hydroxylation is 3. The Morgan fingerprint density at radius 3 is 2.54 bits per heavy atom. The molecule has 0 aliphatic heterocycles. The van der Waals surface area contributed by atoms with Crippen molar-refractivity contribution in [3.05, 3.63) is 74.6 Å². The first-order chi connectivity index (χ1) is 13.4. The zero-order valence-electron chi connectivity index (χ0n) is 15.5. The highest BCUT2D eigenvalue weighted by molar-refractivity contribution is 7.14. The molecule has 0 saturated carbocycles. The van der Waals surface area contributed by atoms with Crippen LogP contribution in [0, 0.1) is 13.8 Å². The lowest BCUT2D eigenvalue weighted by molar-refractivity contribution is -0.116. The molecule has 28 heavy (non-hydrogen) atoms. The molecule has 0 unspecified atom stereocenters. The summed E-state index contributed by atoms with van der Waals surface area (Å²) >= 11 is 1.29. The van der Waals surface area contributed by atoms with Gasteiger partial charge in [0, 0.05) is 29.8 Å². The number of aromatic nitrogens is 2. The summed E-state index contributed by atoms with van der Waals surface area (Å²) in [5.41, 5.74) is 3.69. The van der Waals surface area contributed by atoms with Crippen molar-refractivity contribution in [1.29, 1.82) is 0 Å². The largest absolute Gasteiger partial charge is 0.328 e. The molecule has 2 aromatic heterocycles. The number of hydrogen-bond donors (Lipinski definition) is 3. The SMILES string of the molecule is Cc1cccc(C)c1NC(=O)CCc1csc(NC(=O)c2ccc(=O)[nH]c2)n1. The van der Waals surface area contributed by atoms with Crippen molar-refractivity contribution >= 4 is 34.0 Å². The zero-order valence-corrected chi connectivity index (χ0v) is 16.4. The number of amides is 2. The van der Waals surface area contributed by atoms with Gasteiger partial charge in [-0.15, -0.1) is 11.3 Å². The minimum absolute atomic E-state index is 0.0794. The monoisotopic (exact) mass is 396 g/mol. The van der Waals surface area contributed by atoms with Crippen LogP contribution in [0.1, 0.15) is 33.6 Å². The maximum Gasteiger partial charge on any atom is 0.258 e. The van der Waals surface area contributed by atoms with Gasteiger partial charge in [0.25, 0.3) is 5.91 Å². The molecule has 0 radical (unpaired) electrons. The van der Waals surface area contributed by atoms with Crippen LogP contribution in [-0.2, 0) is 11.2 Å². The number of nitrogens with zero attached hydrogens (tertiary/aromatic N) is 1. The van der Waals surface area contributed by atoms with Crippen molar-refractivity contribution in [1.82, 2.24) is 9.97 Å². The molecular formula is C20H20N4O3S. The van der Waals surface area contributed by atoms with Gasteiger partial charge in [-0.05, 0) is 37.5 Å². The average Bonchev–Trinajstić information content (AvgIpc) is 3.11. The van der Waals surface area contributed by atoms with Crippen LogP contribution in [-0.4, -0.2) is 21.8 Å². The van der Waals surface area contributed by atoms with Crippen LogP contribution >= 0.6 is 11.3 Å². The van der Waals surface area contributed by atoms with Gasteiger partial charge < -0.3 is 10.3 Å². The van der Waals surface area contributed by atoms with Gasteiger partial charge in [0.05, 0.1) is 11.3 Å². The number of pyridine rings is 1. The third-order valence-corrected chi connectivity index (χ3v) is 4.98. The van der Waals surface area contributed by atoms with E-state index < -0.39 is 0 Å². The fourth-order valence-corrected chi connectivity index (χ4v) is 3.40. The lowest BCUT2D eigenvalue weighted by Crippen LogP contribution is -2.15. The fourth-order valence-electron chi connectivity index (χ4n) is 2.66. The molecular weight excluding hydrogens is 376 g/mol. The van der Waals surface area contributed by atoms with Crippen LogP contribution in [0.4, 0.5) is 10.8 Å². The van der Waals surface area contributed by atoms with E-state index in [1.165, 1.54) is 29.7 Å². The molecule has 0 bridgehead atoms. The quantitative estimate of drug-likeness (QED) is 0.595. The van der Waals surface area contributed by atoms with E-state index in [4.69, 9.17) is 0 Å². The molecule has 0 spiro atoms. The molecule has 3 aromatic rings. The van der Waals surface area contributed by atoms with E-state index in [2.05, 4.69) is 20.6 Å². The second-order valence-corrected chi connectivity index (χ2v) is 7.21. The second-order valence-electron chi connectivity index (χ2n) is 6.35. The van der Waals surface area contributed by atoms with E-state index in [1.54, 1.807) is 0 Å². The molecule has 0 aliphatic rings. The number of carbonyl (C=O) groups is 2. The highest BCUT2D eigenvalue weighted by Crippen LogP contribution is 2.21. The van der Waals surface area contributed by atoms with Crippen molar-refractivity contribution in [2.24, 2.45) is 0 Å². The Morgan fingerprint density at radius 1 is 1.11 bits per heavy atom. The summed E-state index contributed by atoms with van der Waals surface area (Å²) in [6, 6.07) is 8.61. The summed E-state index contributed by atoms with van der Waals surface area (Å²) in [7, 11) is 0. The number of benzene rings is 1. The fraction of sp³-hybridized carbons (Fsp3) is 0.200. The molecule has 0 aliphatic carbocycles. The maximum absolute atomic E-state index is 12.3. The van der Waals surface area contributed by atoms with Crippen molar-refractivity contribution in [2.45, 2.75) is 26.7 Å². The van der Waals surface area contributed by atoms with Crippen LogP contribution in [0.15, 0.2) is 46.7 Å². The van der Waals surface area contributed by atoms with Crippen molar-refractivity contribution in [3.8, 4) is 0 Å². The van der Waals surface area contributed by atoms with E-state index in [0.29, 0.717) is 23.5 Å². The molecule has 144 valence electrons. The van der Waals surface area contributed by atoms with Gasteiger partial charge in [-0.3, -0.25) is 19.7 Å². The molecule has 0 atom stereocenters. The number of para-hydroxylation sites is 1. The molecule has 2 amide bonds. The maximum atomic E-state index is 12.3. The highest BCUT2D eigenvalue weighted by Gasteiger charge is 2.11. The number of anilines is 2. The molecule has 0 saturated heterocycles. The van der Waals surface area contributed by atoms with Crippen molar-refractivity contribution in [2.75, 3.05) is 10.6 Å². The van der Waals surface area contributed by atoms with Gasteiger partial charge >= 0.3 is 0 Å². The predicted molar refractivity (Wildman–Crippen MR) is 110 cm³/mol. The first-order valence-corrected chi connectivity index (χ1v) is 9.61. The molecule has 3 rings (SSSR count). The molecule has 2 heterocycles. The third-order valence-electron chi connectivity index (χ3n) is 4.17. The standard InChI is InChI=1S/C20H20N4O3S/c1-12-4-3-5-13(2)18(12)23-17(26)9-7-15-11-28-20(22-15)24-19(27)14-6-8-16(25)21-10-14/h3-6,8,10-11H,7,9H2,1-2H3,(H,21,25)(H,23,26)(H,22,24,27). The molecule has 8 heteroatoms. The van der Waals surface area contributed by atoms with Gasteiger partial charge in [-0.2, -0.15) is 0 Å². The Labute approximate surface area is 165 Å². The lowest BCUT2D eigenvalue weighted by Gasteiger charge is -2.11. The summed E-state index contributed by atoms with van der Waals surface area (Å²) in [6.45, 7) is 3.92. The van der Waals surface area contributed by atoms with Crippen LogP contribution in [0.3, 0.4) is 0 Å². The normalized spacial score (nSPS) is 10.5. The van der Waals surface area contributed by atoms with E-state index in [-0.39, 0.29) is 17.4 Å². The van der Waals surface area contributed by atoms with Gasteiger partial charge in [-0.1, -0.05) is 18.2 Å². The van der Waals surface area contributed by atoms with E-state index in [0.717, 1.165) is 22.5 Å². The summed E-state index contributed by atoms with van der Waals surface area (Å²) in [4.78, 5) is 42.2. The van der Waals surface area contributed by atoms with Crippen molar-refractivity contribution in [3.63, 3.8) is 0 Å². The first-order valence-electron chi connectivity index (χ1n) is 8.73. The molecule has 0 fully saturated rings. The first kappa shape index (κ1) is 19.5.